The number of aliphatic hydroxyl groups excluding tert-OH is 1. The quantitative estimate of drug-likeness (QED) is 0.665. The van der Waals surface area contributed by atoms with Gasteiger partial charge in [0.15, 0.2) is 0 Å². The van der Waals surface area contributed by atoms with Crippen LogP contribution in [0.25, 0.3) is 0 Å². The molecule has 0 unspecified atom stereocenters. The molecular weight excluding hydrogens is 148 g/mol. The smallest absolute Gasteiger partial charge is 0.0617 e. The summed E-state index contributed by atoms with van der Waals surface area (Å²) in [5, 5.41) is 8.64. The largest absolute Gasteiger partial charge is 0.392 e. The average molecular weight is 164 g/mol. The Balaban J connectivity index is 2.60. The van der Waals surface area contributed by atoms with E-state index in [1.165, 1.54) is 24.8 Å². The van der Waals surface area contributed by atoms with Gasteiger partial charge in [0, 0.05) is 0 Å². The van der Waals surface area contributed by atoms with E-state index in [0.717, 1.165) is 5.57 Å². The lowest BCUT2D eigenvalue weighted by molar-refractivity contribution is 0.342. The first-order chi connectivity index (χ1) is 5.83. The molecule has 0 atom stereocenters. The number of hydrogen-bond donors (Lipinski definition) is 1. The maximum Gasteiger partial charge on any atom is 0.0617 e. The van der Waals surface area contributed by atoms with Crippen LogP contribution in [0, 0.1) is 0 Å². The summed E-state index contributed by atoms with van der Waals surface area (Å²) in [7, 11) is 0. The van der Waals surface area contributed by atoms with Crippen molar-refractivity contribution in [1.29, 1.82) is 0 Å². The van der Waals surface area contributed by atoms with Gasteiger partial charge >= 0.3 is 0 Å². The minimum absolute atomic E-state index is 0.138. The Kier molecular flexibility index (Phi) is 3.81. The fourth-order valence-corrected chi connectivity index (χ4v) is 1.36. The molecule has 0 fully saturated rings. The summed E-state index contributed by atoms with van der Waals surface area (Å²) in [6.45, 7) is 2.16. The van der Waals surface area contributed by atoms with E-state index in [4.69, 9.17) is 5.11 Å². The van der Waals surface area contributed by atoms with Gasteiger partial charge in [0.25, 0.3) is 0 Å². The van der Waals surface area contributed by atoms with Gasteiger partial charge in [0.05, 0.1) is 6.61 Å². The van der Waals surface area contributed by atoms with Gasteiger partial charge in [-0.05, 0) is 31.8 Å². The van der Waals surface area contributed by atoms with Gasteiger partial charge in [0.2, 0.25) is 0 Å². The van der Waals surface area contributed by atoms with Crippen molar-refractivity contribution in [3.05, 3.63) is 35.5 Å². The van der Waals surface area contributed by atoms with Gasteiger partial charge in [-0.25, -0.2) is 0 Å². The fourth-order valence-electron chi connectivity index (χ4n) is 1.36. The molecule has 1 heteroatoms. The van der Waals surface area contributed by atoms with Crippen LogP contribution in [0.5, 0.6) is 0 Å². The molecule has 0 heterocycles. The molecule has 66 valence electrons. The van der Waals surface area contributed by atoms with E-state index >= 15 is 0 Å². The predicted octanol–water partition coefficient (Wildman–Crippen LogP) is 2.59. The SMILES string of the molecule is CC(=C/CO)/C=C1/C=CCCC1. The minimum Gasteiger partial charge on any atom is -0.392 e. The normalized spacial score (nSPS) is 21.8. The van der Waals surface area contributed by atoms with Crippen LogP contribution in [0.15, 0.2) is 35.5 Å². The molecule has 1 nitrogen and oxygen atoms in total. The lowest BCUT2D eigenvalue weighted by Crippen LogP contribution is -1.87. The third kappa shape index (κ3) is 3.05. The van der Waals surface area contributed by atoms with E-state index < -0.39 is 0 Å². The third-order valence-corrected chi connectivity index (χ3v) is 1.99. The van der Waals surface area contributed by atoms with Crippen molar-refractivity contribution in [2.24, 2.45) is 0 Å². The van der Waals surface area contributed by atoms with Gasteiger partial charge in [-0.15, -0.1) is 0 Å². The Hall–Kier alpha value is -0.820. The topological polar surface area (TPSA) is 20.2 Å². The van der Waals surface area contributed by atoms with Crippen LogP contribution in [-0.4, -0.2) is 11.7 Å². The summed E-state index contributed by atoms with van der Waals surface area (Å²) in [5.41, 5.74) is 2.53. The Labute approximate surface area is 74.1 Å². The van der Waals surface area contributed by atoms with Crippen LogP contribution < -0.4 is 0 Å². The molecule has 1 aliphatic carbocycles. The lowest BCUT2D eigenvalue weighted by atomic mass is 10.0. The highest BCUT2D eigenvalue weighted by atomic mass is 16.2. The number of rotatable bonds is 2. The Morgan fingerprint density at radius 1 is 1.67 bits per heavy atom. The highest BCUT2D eigenvalue weighted by Crippen LogP contribution is 2.17. The van der Waals surface area contributed by atoms with Gasteiger partial charge < -0.3 is 5.11 Å². The molecule has 0 saturated carbocycles. The van der Waals surface area contributed by atoms with Crippen molar-refractivity contribution in [1.82, 2.24) is 0 Å². The van der Waals surface area contributed by atoms with Crippen molar-refractivity contribution < 1.29 is 5.11 Å². The molecule has 0 aromatic heterocycles. The fraction of sp³-hybridized carbons (Fsp3) is 0.455. The van der Waals surface area contributed by atoms with E-state index in [-0.39, 0.29) is 6.61 Å². The molecule has 0 amide bonds. The Morgan fingerprint density at radius 2 is 2.50 bits per heavy atom. The molecule has 12 heavy (non-hydrogen) atoms. The summed E-state index contributed by atoms with van der Waals surface area (Å²) >= 11 is 0. The minimum atomic E-state index is 0.138. The molecule has 0 aromatic carbocycles. The molecule has 0 radical (unpaired) electrons. The van der Waals surface area contributed by atoms with E-state index in [1.807, 2.05) is 13.0 Å². The molecule has 1 rings (SSSR count). The molecule has 0 bridgehead atoms. The van der Waals surface area contributed by atoms with E-state index in [0.29, 0.717) is 0 Å². The second-order valence-electron chi connectivity index (χ2n) is 3.14. The third-order valence-electron chi connectivity index (χ3n) is 1.99. The van der Waals surface area contributed by atoms with Gasteiger partial charge in [-0.2, -0.15) is 0 Å². The van der Waals surface area contributed by atoms with Crippen LogP contribution in [0.3, 0.4) is 0 Å². The summed E-state index contributed by atoms with van der Waals surface area (Å²) in [5.74, 6) is 0. The second kappa shape index (κ2) is 4.94. The predicted molar refractivity (Wildman–Crippen MR) is 51.9 cm³/mol. The molecule has 0 saturated heterocycles. The van der Waals surface area contributed by atoms with E-state index in [2.05, 4.69) is 18.2 Å². The zero-order chi connectivity index (χ0) is 8.81. The zero-order valence-electron chi connectivity index (χ0n) is 7.59. The number of allylic oxidation sites excluding steroid dienone is 5. The summed E-state index contributed by atoms with van der Waals surface area (Å²) in [6, 6.07) is 0. The first-order valence-corrected chi connectivity index (χ1v) is 4.47. The summed E-state index contributed by atoms with van der Waals surface area (Å²) < 4.78 is 0. The van der Waals surface area contributed by atoms with Crippen LogP contribution in [0.4, 0.5) is 0 Å². The second-order valence-corrected chi connectivity index (χ2v) is 3.14. The summed E-state index contributed by atoms with van der Waals surface area (Å²) in [4.78, 5) is 0. The Bertz CT molecular complexity index is 221. The Morgan fingerprint density at radius 3 is 3.08 bits per heavy atom. The average Bonchev–Trinajstić information content (AvgIpc) is 2.06. The highest BCUT2D eigenvalue weighted by molar-refractivity contribution is 5.30. The van der Waals surface area contributed by atoms with Crippen LogP contribution in [-0.2, 0) is 0 Å². The van der Waals surface area contributed by atoms with Gasteiger partial charge in [-0.1, -0.05) is 29.9 Å². The standard InChI is InChI=1S/C11H16O/c1-10(7-8-12)9-11-5-3-2-4-6-11/h3,5,7,9,12H,2,4,6,8H2,1H3/b10-7-,11-9-. The zero-order valence-corrected chi connectivity index (χ0v) is 7.59. The van der Waals surface area contributed by atoms with Crippen molar-refractivity contribution >= 4 is 0 Å². The van der Waals surface area contributed by atoms with Gasteiger partial charge in [0.1, 0.15) is 0 Å². The highest BCUT2D eigenvalue weighted by Gasteiger charge is 1.97. The van der Waals surface area contributed by atoms with Crippen molar-refractivity contribution in [2.45, 2.75) is 26.2 Å². The molecule has 0 spiro atoms. The summed E-state index contributed by atoms with van der Waals surface area (Å²) in [6.07, 6.45) is 12.0. The van der Waals surface area contributed by atoms with E-state index in [1.54, 1.807) is 0 Å². The lowest BCUT2D eigenvalue weighted by Gasteiger charge is -2.06. The molecule has 0 aromatic rings. The number of hydrogen-bond acceptors (Lipinski definition) is 1. The molecule has 1 N–H and O–H groups in total. The van der Waals surface area contributed by atoms with Crippen molar-refractivity contribution in [3.63, 3.8) is 0 Å². The monoisotopic (exact) mass is 164 g/mol. The van der Waals surface area contributed by atoms with Crippen LogP contribution >= 0.6 is 0 Å². The molecule has 1 aliphatic rings. The molecular formula is C11H16O. The maximum absolute atomic E-state index is 8.64. The first-order valence-electron chi connectivity index (χ1n) is 4.47. The maximum atomic E-state index is 8.64. The molecule has 0 aliphatic heterocycles. The van der Waals surface area contributed by atoms with Crippen LogP contribution in [0.2, 0.25) is 0 Å². The van der Waals surface area contributed by atoms with Crippen molar-refractivity contribution in [3.8, 4) is 0 Å². The van der Waals surface area contributed by atoms with E-state index in [9.17, 15) is 0 Å². The van der Waals surface area contributed by atoms with Gasteiger partial charge in [-0.3, -0.25) is 0 Å². The van der Waals surface area contributed by atoms with Crippen LogP contribution in [0.1, 0.15) is 26.2 Å². The van der Waals surface area contributed by atoms with Crippen molar-refractivity contribution in [2.75, 3.05) is 6.61 Å². The number of aliphatic hydroxyl groups is 1. The first kappa shape index (κ1) is 9.27.